The highest BCUT2D eigenvalue weighted by molar-refractivity contribution is 5.85. The van der Waals surface area contributed by atoms with Gasteiger partial charge in [0.15, 0.2) is 0 Å². The predicted molar refractivity (Wildman–Crippen MR) is 82.1 cm³/mol. The first-order valence-corrected chi connectivity index (χ1v) is 6.96. The van der Waals surface area contributed by atoms with E-state index in [0.717, 1.165) is 7.11 Å². The Morgan fingerprint density at radius 2 is 1.75 bits per heavy atom. The van der Waals surface area contributed by atoms with Gasteiger partial charge in [-0.1, -0.05) is 12.1 Å². The van der Waals surface area contributed by atoms with Gasteiger partial charge in [0.05, 0.1) is 25.6 Å². The van der Waals surface area contributed by atoms with E-state index in [9.17, 15) is 24.5 Å². The maximum Gasteiger partial charge on any atom is 0.329 e. The fraction of sp³-hybridized carbons (Fsp3) is 0.400. The molecule has 0 aliphatic heterocycles. The summed E-state index contributed by atoms with van der Waals surface area (Å²) < 4.78 is 9.30. The second kappa shape index (κ2) is 8.61. The second-order valence-electron chi connectivity index (χ2n) is 4.94. The maximum atomic E-state index is 12.0. The molecule has 0 aromatic heterocycles. The summed E-state index contributed by atoms with van der Waals surface area (Å²) >= 11 is 0. The molecule has 1 amide bonds. The van der Waals surface area contributed by atoms with Gasteiger partial charge in [0.25, 0.3) is 5.69 Å². The Balaban J connectivity index is 3.25. The number of benzene rings is 1. The monoisotopic (exact) mass is 338 g/mol. The molecule has 1 rings (SSSR count). The molecule has 130 valence electrons. The minimum Gasteiger partial charge on any atom is -0.469 e. The van der Waals surface area contributed by atoms with Crippen molar-refractivity contribution in [1.82, 2.24) is 5.32 Å². The van der Waals surface area contributed by atoms with E-state index in [4.69, 9.17) is 0 Å². The van der Waals surface area contributed by atoms with E-state index in [2.05, 4.69) is 14.8 Å². The number of amides is 1. The van der Waals surface area contributed by atoms with Crippen LogP contribution in [0.15, 0.2) is 24.3 Å². The molecule has 0 aliphatic rings. The zero-order valence-electron chi connectivity index (χ0n) is 13.5. The third-order valence-electron chi connectivity index (χ3n) is 3.36. The topological polar surface area (TPSA) is 125 Å². The highest BCUT2D eigenvalue weighted by atomic mass is 16.6. The van der Waals surface area contributed by atoms with Crippen LogP contribution in [0.5, 0.6) is 0 Å². The van der Waals surface area contributed by atoms with Gasteiger partial charge < -0.3 is 14.8 Å². The van der Waals surface area contributed by atoms with Crippen LogP contribution in [0.2, 0.25) is 0 Å². The first-order valence-electron chi connectivity index (χ1n) is 6.96. The average molecular weight is 338 g/mol. The molecular weight excluding hydrogens is 320 g/mol. The number of methoxy groups -OCH3 is 2. The summed E-state index contributed by atoms with van der Waals surface area (Å²) in [5.41, 5.74) is 0.319. The summed E-state index contributed by atoms with van der Waals surface area (Å²) in [5.74, 6) is -2.62. The number of ether oxygens (including phenoxy) is 2. The number of nitro benzene ring substituents is 1. The zero-order valence-corrected chi connectivity index (χ0v) is 13.5. The van der Waals surface area contributed by atoms with Crippen LogP contribution in [0.3, 0.4) is 0 Å². The number of esters is 2. The SMILES string of the molecule is COC(=O)C[C@@H](c1ccc([N+](=O)[O-])cc1)[C@H](NC(C)=O)C(=O)OC. The minimum atomic E-state index is -1.13. The van der Waals surface area contributed by atoms with Crippen molar-refractivity contribution in [2.45, 2.75) is 25.3 Å². The predicted octanol–water partition coefficient (Wildman–Crippen LogP) is 0.919. The van der Waals surface area contributed by atoms with Crippen molar-refractivity contribution in [3.8, 4) is 0 Å². The molecule has 9 nitrogen and oxygen atoms in total. The Bertz CT molecular complexity index is 627. The average Bonchev–Trinajstić information content (AvgIpc) is 2.56. The molecule has 1 aromatic carbocycles. The standard InChI is InChI=1S/C15H18N2O7/c1-9(18)16-14(15(20)24-3)12(8-13(19)23-2)10-4-6-11(7-5-10)17(21)22/h4-7,12,14H,8H2,1-3H3,(H,16,18)/t12-,14-/m0/s1. The molecule has 0 spiro atoms. The van der Waals surface area contributed by atoms with Crippen molar-refractivity contribution < 1.29 is 28.8 Å². The molecule has 2 atom stereocenters. The van der Waals surface area contributed by atoms with E-state index in [0.29, 0.717) is 5.56 Å². The number of nitrogens with one attached hydrogen (secondary N) is 1. The van der Waals surface area contributed by atoms with Gasteiger partial charge in [-0.25, -0.2) is 4.79 Å². The number of hydrogen-bond donors (Lipinski definition) is 1. The van der Waals surface area contributed by atoms with Gasteiger partial charge in [-0.05, 0) is 5.56 Å². The number of nitro groups is 1. The van der Waals surface area contributed by atoms with Gasteiger partial charge in [-0.15, -0.1) is 0 Å². The van der Waals surface area contributed by atoms with Crippen LogP contribution >= 0.6 is 0 Å². The van der Waals surface area contributed by atoms with Gasteiger partial charge in [0.1, 0.15) is 6.04 Å². The molecule has 1 aromatic rings. The van der Waals surface area contributed by atoms with Crippen molar-refractivity contribution in [3.05, 3.63) is 39.9 Å². The van der Waals surface area contributed by atoms with Crippen LogP contribution in [0.1, 0.15) is 24.8 Å². The molecule has 1 N–H and O–H groups in total. The summed E-state index contributed by atoms with van der Waals surface area (Å²) in [6.45, 7) is 1.22. The first-order chi connectivity index (χ1) is 11.3. The number of non-ortho nitro benzene ring substituents is 1. The molecule has 0 aliphatic carbocycles. The van der Waals surface area contributed by atoms with E-state index in [1.54, 1.807) is 0 Å². The molecule has 0 heterocycles. The Morgan fingerprint density at radius 3 is 2.17 bits per heavy atom. The van der Waals surface area contributed by atoms with E-state index < -0.39 is 34.7 Å². The van der Waals surface area contributed by atoms with Crippen molar-refractivity contribution in [3.63, 3.8) is 0 Å². The van der Waals surface area contributed by atoms with Crippen molar-refractivity contribution in [2.24, 2.45) is 0 Å². The van der Waals surface area contributed by atoms with Crippen molar-refractivity contribution in [1.29, 1.82) is 0 Å². The maximum absolute atomic E-state index is 12.0. The van der Waals surface area contributed by atoms with Crippen molar-refractivity contribution in [2.75, 3.05) is 14.2 Å². The number of carbonyl (C=O) groups is 3. The minimum absolute atomic E-state index is 0.135. The van der Waals surface area contributed by atoms with Crippen LogP contribution in [-0.4, -0.2) is 43.0 Å². The quantitative estimate of drug-likeness (QED) is 0.445. The number of rotatable bonds is 7. The largest absolute Gasteiger partial charge is 0.469 e. The third kappa shape index (κ3) is 5.04. The molecular formula is C15H18N2O7. The first kappa shape index (κ1) is 19.1. The van der Waals surface area contributed by atoms with Gasteiger partial charge in [-0.2, -0.15) is 0 Å². The van der Waals surface area contributed by atoms with Crippen LogP contribution in [-0.2, 0) is 23.9 Å². The fourth-order valence-corrected chi connectivity index (χ4v) is 2.20. The van der Waals surface area contributed by atoms with Crippen LogP contribution in [0, 0.1) is 10.1 Å². The number of nitrogens with zero attached hydrogens (tertiary/aromatic N) is 1. The number of carbonyl (C=O) groups excluding carboxylic acids is 3. The molecule has 24 heavy (non-hydrogen) atoms. The van der Waals surface area contributed by atoms with Gasteiger partial charge in [0.2, 0.25) is 5.91 Å². The van der Waals surface area contributed by atoms with E-state index in [-0.39, 0.29) is 12.1 Å². The molecule has 0 saturated carbocycles. The van der Waals surface area contributed by atoms with Gasteiger partial charge >= 0.3 is 11.9 Å². The molecule has 0 bridgehead atoms. The second-order valence-corrected chi connectivity index (χ2v) is 4.94. The van der Waals surface area contributed by atoms with Crippen LogP contribution in [0.25, 0.3) is 0 Å². The molecule has 0 fully saturated rings. The Kier molecular flexibility index (Phi) is 6.84. The lowest BCUT2D eigenvalue weighted by Gasteiger charge is -2.25. The van der Waals surface area contributed by atoms with E-state index in [1.807, 2.05) is 0 Å². The lowest BCUT2D eigenvalue weighted by atomic mass is 9.88. The fourth-order valence-electron chi connectivity index (χ4n) is 2.20. The Hall–Kier alpha value is -2.97. The lowest BCUT2D eigenvalue weighted by molar-refractivity contribution is -0.384. The molecule has 0 radical (unpaired) electrons. The summed E-state index contributed by atoms with van der Waals surface area (Å²) in [6.07, 6.45) is -0.214. The summed E-state index contributed by atoms with van der Waals surface area (Å²) in [5, 5.41) is 13.2. The smallest absolute Gasteiger partial charge is 0.329 e. The molecule has 9 heteroatoms. The lowest BCUT2D eigenvalue weighted by Crippen LogP contribution is -2.45. The van der Waals surface area contributed by atoms with Crippen LogP contribution < -0.4 is 5.32 Å². The summed E-state index contributed by atoms with van der Waals surface area (Å²) in [7, 11) is 2.35. The Labute approximate surface area is 138 Å². The Morgan fingerprint density at radius 1 is 1.17 bits per heavy atom. The molecule has 0 unspecified atom stereocenters. The molecule has 0 saturated heterocycles. The van der Waals surface area contributed by atoms with Crippen molar-refractivity contribution >= 4 is 23.5 Å². The van der Waals surface area contributed by atoms with Crippen LogP contribution in [0.4, 0.5) is 5.69 Å². The van der Waals surface area contributed by atoms with Gasteiger partial charge in [0, 0.05) is 25.0 Å². The van der Waals surface area contributed by atoms with E-state index in [1.165, 1.54) is 38.3 Å². The summed E-state index contributed by atoms with van der Waals surface area (Å²) in [4.78, 5) is 45.2. The summed E-state index contributed by atoms with van der Waals surface area (Å²) in [6, 6.07) is 4.21. The van der Waals surface area contributed by atoms with Gasteiger partial charge in [-0.3, -0.25) is 19.7 Å². The number of hydrogen-bond acceptors (Lipinski definition) is 7. The van der Waals surface area contributed by atoms with E-state index >= 15 is 0 Å². The highest BCUT2D eigenvalue weighted by Crippen LogP contribution is 2.27. The normalized spacial score (nSPS) is 12.6. The third-order valence-corrected chi connectivity index (χ3v) is 3.36. The zero-order chi connectivity index (χ0) is 18.3. The highest BCUT2D eigenvalue weighted by Gasteiger charge is 2.33.